The van der Waals surface area contributed by atoms with E-state index < -0.39 is 12.2 Å². The molecule has 2 rings (SSSR count). The Bertz CT molecular complexity index is 182. The number of halogens is 1. The SMILES string of the molecule is O=C1[C@@H](O)[C@@H]2C[C@H](Cl)[C@H]1O2. The highest BCUT2D eigenvalue weighted by atomic mass is 35.5. The third kappa shape index (κ3) is 0.654. The first-order valence-electron chi connectivity index (χ1n) is 3.21. The number of Topliss-reactive ketones (excluding diaryl/α,β-unsaturated/α-hetero) is 1. The van der Waals surface area contributed by atoms with Gasteiger partial charge in [-0.15, -0.1) is 11.6 Å². The van der Waals surface area contributed by atoms with Gasteiger partial charge >= 0.3 is 0 Å². The lowest BCUT2D eigenvalue weighted by molar-refractivity contribution is -0.127. The average Bonchev–Trinajstić information content (AvgIpc) is 2.36. The van der Waals surface area contributed by atoms with Gasteiger partial charge in [0.1, 0.15) is 12.2 Å². The smallest absolute Gasteiger partial charge is 0.194 e. The van der Waals surface area contributed by atoms with Crippen LogP contribution < -0.4 is 0 Å². The summed E-state index contributed by atoms with van der Waals surface area (Å²) in [5.41, 5.74) is 0. The first-order valence-corrected chi connectivity index (χ1v) is 3.65. The number of hydrogen-bond donors (Lipinski definition) is 1. The molecule has 3 nitrogen and oxygen atoms in total. The van der Waals surface area contributed by atoms with E-state index in [1.807, 2.05) is 0 Å². The second kappa shape index (κ2) is 1.94. The summed E-state index contributed by atoms with van der Waals surface area (Å²) in [6, 6.07) is 0. The van der Waals surface area contributed by atoms with Crippen molar-refractivity contribution >= 4 is 17.4 Å². The zero-order chi connectivity index (χ0) is 7.30. The lowest BCUT2D eigenvalue weighted by atomic mass is 9.96. The normalized spacial score (nSPS) is 52.4. The van der Waals surface area contributed by atoms with Gasteiger partial charge in [0, 0.05) is 0 Å². The Morgan fingerprint density at radius 1 is 1.70 bits per heavy atom. The topological polar surface area (TPSA) is 46.5 Å². The van der Waals surface area contributed by atoms with Crippen molar-refractivity contribution in [3.05, 3.63) is 0 Å². The summed E-state index contributed by atoms with van der Waals surface area (Å²) in [7, 11) is 0. The largest absolute Gasteiger partial charge is 0.382 e. The number of fused-ring (bicyclic) bond motifs is 2. The van der Waals surface area contributed by atoms with E-state index in [9.17, 15) is 4.79 Å². The fourth-order valence-corrected chi connectivity index (χ4v) is 1.83. The lowest BCUT2D eigenvalue weighted by Crippen LogP contribution is -2.37. The second-order valence-corrected chi connectivity index (χ2v) is 3.25. The predicted molar refractivity (Wildman–Crippen MR) is 33.9 cm³/mol. The quantitative estimate of drug-likeness (QED) is 0.498. The summed E-state index contributed by atoms with van der Waals surface area (Å²) in [6.07, 6.45) is -1.19. The Morgan fingerprint density at radius 2 is 2.40 bits per heavy atom. The van der Waals surface area contributed by atoms with Crippen molar-refractivity contribution in [2.45, 2.75) is 30.1 Å². The number of alkyl halides is 1. The molecule has 2 saturated heterocycles. The van der Waals surface area contributed by atoms with Crippen LogP contribution in [0.5, 0.6) is 0 Å². The fourth-order valence-electron chi connectivity index (χ4n) is 1.47. The standard InChI is InChI=1S/C6H7ClO3/c7-2-1-3-4(8)5(9)6(2)10-3/h2-4,6,8H,1H2/t2-,3-,4-,6+/m0/s1. The molecule has 0 aromatic carbocycles. The van der Waals surface area contributed by atoms with Gasteiger partial charge in [0.25, 0.3) is 0 Å². The molecule has 2 bridgehead atoms. The van der Waals surface area contributed by atoms with Crippen LogP contribution in [-0.2, 0) is 9.53 Å². The van der Waals surface area contributed by atoms with Crippen molar-refractivity contribution in [2.75, 3.05) is 0 Å². The van der Waals surface area contributed by atoms with Gasteiger partial charge in [-0.1, -0.05) is 0 Å². The Balaban J connectivity index is 2.24. The average molecular weight is 163 g/mol. The number of rotatable bonds is 0. The Labute approximate surface area is 62.9 Å². The summed E-state index contributed by atoms with van der Waals surface area (Å²) >= 11 is 5.71. The summed E-state index contributed by atoms with van der Waals surface area (Å²) in [5, 5.41) is 8.85. The lowest BCUT2D eigenvalue weighted by Gasteiger charge is -2.14. The number of carbonyl (C=O) groups excluding carboxylic acids is 1. The van der Waals surface area contributed by atoms with E-state index in [0.29, 0.717) is 6.42 Å². The number of ether oxygens (including phenoxy) is 1. The van der Waals surface area contributed by atoms with Crippen molar-refractivity contribution in [3.8, 4) is 0 Å². The number of aliphatic hydroxyl groups is 1. The summed E-state index contributed by atoms with van der Waals surface area (Å²) in [4.78, 5) is 10.9. The van der Waals surface area contributed by atoms with Crippen molar-refractivity contribution in [3.63, 3.8) is 0 Å². The molecule has 2 heterocycles. The molecule has 4 atom stereocenters. The second-order valence-electron chi connectivity index (χ2n) is 2.69. The zero-order valence-electron chi connectivity index (χ0n) is 5.16. The third-order valence-corrected chi connectivity index (χ3v) is 2.44. The minimum absolute atomic E-state index is 0.221. The van der Waals surface area contributed by atoms with Crippen LogP contribution in [0.15, 0.2) is 0 Å². The van der Waals surface area contributed by atoms with Gasteiger partial charge in [-0.2, -0.15) is 0 Å². The van der Waals surface area contributed by atoms with Crippen molar-refractivity contribution in [2.24, 2.45) is 0 Å². The van der Waals surface area contributed by atoms with Crippen molar-refractivity contribution < 1.29 is 14.6 Å². The van der Waals surface area contributed by atoms with Crippen LogP contribution in [0.3, 0.4) is 0 Å². The molecular formula is C6H7ClO3. The van der Waals surface area contributed by atoms with Gasteiger partial charge in [-0.25, -0.2) is 0 Å². The van der Waals surface area contributed by atoms with E-state index in [2.05, 4.69) is 0 Å². The predicted octanol–water partition coefficient (Wildman–Crippen LogP) is -0.305. The molecular weight excluding hydrogens is 156 g/mol. The maximum Gasteiger partial charge on any atom is 0.194 e. The van der Waals surface area contributed by atoms with Gasteiger partial charge in [0.15, 0.2) is 5.78 Å². The molecule has 2 fully saturated rings. The minimum Gasteiger partial charge on any atom is -0.382 e. The number of carbonyl (C=O) groups is 1. The molecule has 0 aliphatic carbocycles. The van der Waals surface area contributed by atoms with Crippen molar-refractivity contribution in [1.82, 2.24) is 0 Å². The number of hydrogen-bond acceptors (Lipinski definition) is 3. The van der Waals surface area contributed by atoms with E-state index in [4.69, 9.17) is 21.4 Å². The van der Waals surface area contributed by atoms with E-state index in [1.165, 1.54) is 0 Å². The van der Waals surface area contributed by atoms with Crippen LogP contribution in [0.25, 0.3) is 0 Å². The molecule has 2 aliphatic heterocycles. The maximum absolute atomic E-state index is 10.9. The molecule has 0 spiro atoms. The zero-order valence-corrected chi connectivity index (χ0v) is 5.91. The summed E-state index contributed by atoms with van der Waals surface area (Å²) < 4.78 is 5.08. The van der Waals surface area contributed by atoms with Gasteiger partial charge in [0.05, 0.1) is 11.5 Å². The number of ketones is 1. The first-order chi connectivity index (χ1) is 4.70. The summed E-state index contributed by atoms with van der Waals surface area (Å²) in [5.74, 6) is -0.253. The highest BCUT2D eigenvalue weighted by molar-refractivity contribution is 6.23. The van der Waals surface area contributed by atoms with Crippen LogP contribution in [0.4, 0.5) is 0 Å². The third-order valence-electron chi connectivity index (χ3n) is 2.03. The molecule has 0 aromatic rings. The van der Waals surface area contributed by atoms with E-state index in [1.54, 1.807) is 0 Å². The number of aliphatic hydroxyl groups excluding tert-OH is 1. The first kappa shape index (κ1) is 6.58. The maximum atomic E-state index is 10.9. The molecule has 0 radical (unpaired) electrons. The molecule has 4 heteroatoms. The minimum atomic E-state index is -0.917. The molecule has 2 aliphatic rings. The Hall–Kier alpha value is -0.120. The molecule has 10 heavy (non-hydrogen) atoms. The Kier molecular flexibility index (Phi) is 1.27. The molecule has 56 valence electrons. The van der Waals surface area contributed by atoms with Gasteiger partial charge in [0.2, 0.25) is 0 Å². The van der Waals surface area contributed by atoms with Gasteiger partial charge in [-0.3, -0.25) is 4.79 Å². The molecule has 1 N–H and O–H groups in total. The molecule has 0 unspecified atom stereocenters. The van der Waals surface area contributed by atoms with Crippen LogP contribution in [0.2, 0.25) is 0 Å². The van der Waals surface area contributed by atoms with E-state index >= 15 is 0 Å². The van der Waals surface area contributed by atoms with Gasteiger partial charge in [-0.05, 0) is 6.42 Å². The fraction of sp³-hybridized carbons (Fsp3) is 0.833. The Morgan fingerprint density at radius 3 is 2.80 bits per heavy atom. The highest BCUT2D eigenvalue weighted by Gasteiger charge is 2.52. The van der Waals surface area contributed by atoms with Crippen LogP contribution in [-0.4, -0.2) is 34.6 Å². The highest BCUT2D eigenvalue weighted by Crippen LogP contribution is 2.35. The molecule has 0 aromatic heterocycles. The monoisotopic (exact) mass is 162 g/mol. The van der Waals surface area contributed by atoms with Crippen LogP contribution >= 0.6 is 11.6 Å². The van der Waals surface area contributed by atoms with Crippen LogP contribution in [0, 0.1) is 0 Å². The van der Waals surface area contributed by atoms with Crippen molar-refractivity contribution in [1.29, 1.82) is 0 Å². The molecule has 0 amide bonds. The molecule has 0 saturated carbocycles. The summed E-state index contributed by atoms with van der Waals surface area (Å²) in [6.45, 7) is 0. The van der Waals surface area contributed by atoms with Gasteiger partial charge < -0.3 is 9.84 Å². The van der Waals surface area contributed by atoms with Crippen LogP contribution in [0.1, 0.15) is 6.42 Å². The van der Waals surface area contributed by atoms with E-state index in [-0.39, 0.29) is 17.3 Å². The van der Waals surface area contributed by atoms with E-state index in [0.717, 1.165) is 0 Å².